The Labute approximate surface area is 240 Å². The number of anilines is 1. The van der Waals surface area contributed by atoms with Gasteiger partial charge in [0.05, 0.1) is 34.4 Å². The highest BCUT2D eigenvalue weighted by atomic mass is 35.5. The van der Waals surface area contributed by atoms with Crippen LogP contribution < -0.4 is 9.64 Å². The zero-order valence-corrected chi connectivity index (χ0v) is 23.5. The Morgan fingerprint density at radius 3 is 2.54 bits per heavy atom. The van der Waals surface area contributed by atoms with E-state index in [1.165, 1.54) is 0 Å². The van der Waals surface area contributed by atoms with Gasteiger partial charge in [-0.1, -0.05) is 65.7 Å². The molecule has 2 aliphatic heterocycles. The van der Waals surface area contributed by atoms with E-state index in [0.717, 1.165) is 80.2 Å². The normalized spacial score (nSPS) is 15.4. The van der Waals surface area contributed by atoms with Crippen LogP contribution in [0.4, 0.5) is 11.4 Å². The van der Waals surface area contributed by atoms with Gasteiger partial charge in [0.15, 0.2) is 5.90 Å². The van der Waals surface area contributed by atoms with E-state index in [1.54, 1.807) is 0 Å². The Morgan fingerprint density at radius 2 is 1.72 bits per heavy atom. The highest BCUT2D eigenvalue weighted by Gasteiger charge is 2.20. The van der Waals surface area contributed by atoms with Crippen molar-refractivity contribution in [3.05, 3.63) is 87.9 Å². The zero-order valence-electron chi connectivity index (χ0n) is 22.0. The smallest absolute Gasteiger partial charge is 0.316 e. The predicted octanol–water partition coefficient (Wildman–Crippen LogP) is 6.74. The number of esters is 1. The molecule has 5 rings (SSSR count). The Bertz CT molecular complexity index is 1310. The summed E-state index contributed by atoms with van der Waals surface area (Å²) in [6, 6.07) is 21.4. The predicted molar refractivity (Wildman–Crippen MR) is 158 cm³/mol. The lowest BCUT2D eigenvalue weighted by Crippen LogP contribution is -2.46. The van der Waals surface area contributed by atoms with Gasteiger partial charge in [0.1, 0.15) is 5.75 Å². The van der Waals surface area contributed by atoms with E-state index in [2.05, 4.69) is 20.9 Å². The molecule has 0 N–H and O–H groups in total. The first-order valence-corrected chi connectivity index (χ1v) is 14.3. The summed E-state index contributed by atoms with van der Waals surface area (Å²) >= 11 is 12.6. The summed E-state index contributed by atoms with van der Waals surface area (Å²) in [6.07, 6.45) is 3.70. The minimum absolute atomic E-state index is 0.238. The number of carbonyl (C=O) groups excluding carboxylic acids is 1. The molecule has 0 aliphatic carbocycles. The van der Waals surface area contributed by atoms with Crippen LogP contribution in [-0.4, -0.2) is 56.1 Å². The molecule has 6 nitrogen and oxygen atoms in total. The van der Waals surface area contributed by atoms with E-state index in [-0.39, 0.29) is 12.4 Å². The number of rotatable bonds is 9. The van der Waals surface area contributed by atoms with E-state index < -0.39 is 0 Å². The lowest BCUT2D eigenvalue weighted by Gasteiger charge is -2.36. The summed E-state index contributed by atoms with van der Waals surface area (Å²) in [5.41, 5.74) is 3.91. The topological polar surface area (TPSA) is 54.4 Å². The Hall–Kier alpha value is -3.06. The van der Waals surface area contributed by atoms with Crippen LogP contribution in [0.5, 0.6) is 5.75 Å². The van der Waals surface area contributed by atoms with Crippen molar-refractivity contribution in [1.29, 1.82) is 0 Å². The fourth-order valence-corrected chi connectivity index (χ4v) is 5.38. The fraction of sp³-hybridized carbons (Fsp3) is 0.355. The van der Waals surface area contributed by atoms with E-state index in [9.17, 15) is 4.79 Å². The Balaban J connectivity index is 1.03. The van der Waals surface area contributed by atoms with E-state index in [0.29, 0.717) is 29.0 Å². The third kappa shape index (κ3) is 7.53. The first-order valence-electron chi connectivity index (χ1n) is 13.5. The van der Waals surface area contributed by atoms with Gasteiger partial charge >= 0.3 is 5.97 Å². The second kappa shape index (κ2) is 13.3. The minimum atomic E-state index is -0.287. The molecule has 204 valence electrons. The summed E-state index contributed by atoms with van der Waals surface area (Å²) in [5, 5.41) is 1.24. The van der Waals surface area contributed by atoms with Gasteiger partial charge in [-0.15, -0.1) is 0 Å². The summed E-state index contributed by atoms with van der Waals surface area (Å²) in [6.45, 7) is 5.59. The molecular weight excluding hydrogens is 533 g/mol. The molecule has 0 spiro atoms. The van der Waals surface area contributed by atoms with Gasteiger partial charge in [-0.05, 0) is 55.1 Å². The Morgan fingerprint density at radius 1 is 0.897 bits per heavy atom. The van der Waals surface area contributed by atoms with Gasteiger partial charge < -0.3 is 14.4 Å². The van der Waals surface area contributed by atoms with Gasteiger partial charge in [-0.25, -0.2) is 4.99 Å². The second-order valence-electron chi connectivity index (χ2n) is 9.89. The average Bonchev–Trinajstić information content (AvgIpc) is 2.95. The lowest BCUT2D eigenvalue weighted by atomic mass is 10.0. The highest BCUT2D eigenvalue weighted by molar-refractivity contribution is 6.43. The lowest BCUT2D eigenvalue weighted by molar-refractivity contribution is -0.134. The monoisotopic (exact) mass is 565 g/mol. The van der Waals surface area contributed by atoms with Gasteiger partial charge in [-0.2, -0.15) is 0 Å². The molecule has 3 aromatic carbocycles. The van der Waals surface area contributed by atoms with Crippen molar-refractivity contribution >= 4 is 46.4 Å². The van der Waals surface area contributed by atoms with Crippen molar-refractivity contribution in [2.24, 2.45) is 4.99 Å². The van der Waals surface area contributed by atoms with Crippen LogP contribution >= 0.6 is 23.2 Å². The van der Waals surface area contributed by atoms with Gasteiger partial charge in [0, 0.05) is 38.7 Å². The largest absolute Gasteiger partial charge is 0.494 e. The summed E-state index contributed by atoms with van der Waals surface area (Å²) in [5.74, 6) is 0.977. The standard InChI is InChI=1S/C31H33Cl2N3O3/c32-26-9-6-10-28(31(26)33)36-18-16-35(17-19-36)15-4-5-20-38-25-13-11-24-12-14-29(34-27(24)22-25)39-30(37)21-23-7-2-1-3-8-23/h1-3,6-11,13,22H,4-5,12,14-21H2. The van der Waals surface area contributed by atoms with Crippen molar-refractivity contribution in [2.75, 3.05) is 44.2 Å². The number of halogens is 2. The van der Waals surface area contributed by atoms with Crippen LogP contribution in [-0.2, 0) is 22.4 Å². The Kier molecular flexibility index (Phi) is 9.40. The van der Waals surface area contributed by atoms with Crippen molar-refractivity contribution in [1.82, 2.24) is 4.90 Å². The summed E-state index contributed by atoms with van der Waals surface area (Å²) in [7, 11) is 0. The van der Waals surface area contributed by atoms with Gasteiger partial charge in [0.2, 0.25) is 0 Å². The number of aliphatic imine (C=N–C) groups is 1. The zero-order chi connectivity index (χ0) is 27.0. The number of hydrogen-bond donors (Lipinski definition) is 0. The third-order valence-corrected chi connectivity index (χ3v) is 7.92. The molecule has 0 atom stereocenters. The number of benzene rings is 3. The maximum atomic E-state index is 12.3. The molecule has 0 radical (unpaired) electrons. The van der Waals surface area contributed by atoms with Crippen LogP contribution in [0.1, 0.15) is 30.4 Å². The number of unbranched alkanes of at least 4 members (excludes halogenated alkanes) is 1. The van der Waals surface area contributed by atoms with Crippen molar-refractivity contribution in [3.8, 4) is 5.75 Å². The quantitative estimate of drug-likeness (QED) is 0.212. The summed E-state index contributed by atoms with van der Waals surface area (Å²) < 4.78 is 11.6. The number of carbonyl (C=O) groups is 1. The number of hydrogen-bond acceptors (Lipinski definition) is 6. The van der Waals surface area contributed by atoms with Gasteiger partial charge in [-0.3, -0.25) is 9.69 Å². The maximum absolute atomic E-state index is 12.3. The molecule has 0 bridgehead atoms. The van der Waals surface area contributed by atoms with Gasteiger partial charge in [0.25, 0.3) is 0 Å². The molecule has 0 saturated carbocycles. The molecular formula is C31H33Cl2N3O3. The van der Waals surface area contributed by atoms with Crippen LogP contribution in [0, 0.1) is 0 Å². The van der Waals surface area contributed by atoms with E-state index >= 15 is 0 Å². The number of ether oxygens (including phenoxy) is 2. The third-order valence-electron chi connectivity index (χ3n) is 7.11. The average molecular weight is 567 g/mol. The second-order valence-corrected chi connectivity index (χ2v) is 10.7. The molecule has 2 heterocycles. The molecule has 0 unspecified atom stereocenters. The van der Waals surface area contributed by atoms with Crippen LogP contribution in [0.15, 0.2) is 71.7 Å². The molecule has 1 fully saturated rings. The number of fused-ring (bicyclic) bond motifs is 1. The number of nitrogens with zero attached hydrogens (tertiary/aromatic N) is 3. The number of aryl methyl sites for hydroxylation is 1. The van der Waals surface area contributed by atoms with Crippen LogP contribution in [0.3, 0.4) is 0 Å². The fourth-order valence-electron chi connectivity index (χ4n) is 4.96. The molecule has 0 amide bonds. The molecule has 8 heteroatoms. The van der Waals surface area contributed by atoms with Crippen LogP contribution in [0.25, 0.3) is 0 Å². The van der Waals surface area contributed by atoms with E-state index in [1.807, 2.05) is 60.7 Å². The van der Waals surface area contributed by atoms with E-state index in [4.69, 9.17) is 32.7 Å². The molecule has 39 heavy (non-hydrogen) atoms. The minimum Gasteiger partial charge on any atom is -0.494 e. The van der Waals surface area contributed by atoms with Crippen molar-refractivity contribution in [3.63, 3.8) is 0 Å². The van der Waals surface area contributed by atoms with Crippen molar-refractivity contribution in [2.45, 2.75) is 32.1 Å². The number of piperazine rings is 1. The SMILES string of the molecule is O=C(Cc1ccccc1)OC1=Nc2cc(OCCCCN3CCN(c4cccc(Cl)c4Cl)CC3)ccc2CC1. The first kappa shape index (κ1) is 27.5. The summed E-state index contributed by atoms with van der Waals surface area (Å²) in [4.78, 5) is 21.7. The molecule has 0 aromatic heterocycles. The molecule has 2 aliphatic rings. The van der Waals surface area contributed by atoms with Crippen molar-refractivity contribution < 1.29 is 14.3 Å². The maximum Gasteiger partial charge on any atom is 0.316 e. The first-order chi connectivity index (χ1) is 19.0. The highest BCUT2D eigenvalue weighted by Crippen LogP contribution is 2.33. The molecule has 3 aromatic rings. The van der Waals surface area contributed by atoms with Crippen LogP contribution in [0.2, 0.25) is 10.0 Å². The molecule has 1 saturated heterocycles.